The fourth-order valence-corrected chi connectivity index (χ4v) is 1.98. The lowest BCUT2D eigenvalue weighted by molar-refractivity contribution is 0.905. The van der Waals surface area contributed by atoms with Gasteiger partial charge in [0.05, 0.1) is 18.1 Å². The molecule has 0 amide bonds. The van der Waals surface area contributed by atoms with Gasteiger partial charge in [-0.25, -0.2) is 0 Å². The van der Waals surface area contributed by atoms with Crippen molar-refractivity contribution in [3.8, 4) is 12.1 Å². The number of nitriles is 2. The number of halogens is 1. The van der Waals surface area contributed by atoms with E-state index in [-0.39, 0.29) is 0 Å². The van der Waals surface area contributed by atoms with Gasteiger partial charge in [-0.2, -0.15) is 10.5 Å². The van der Waals surface area contributed by atoms with E-state index in [1.54, 1.807) is 0 Å². The molecular formula is C12H11BrN2. The summed E-state index contributed by atoms with van der Waals surface area (Å²) in [5, 5.41) is 17.6. The second kappa shape index (κ2) is 5.53. The predicted molar refractivity (Wildman–Crippen MR) is 62.2 cm³/mol. The number of hydrogen-bond acceptors (Lipinski definition) is 2. The molecule has 0 fully saturated rings. The molecule has 0 heterocycles. The third kappa shape index (κ3) is 2.81. The molecule has 0 atom stereocenters. The van der Waals surface area contributed by atoms with Gasteiger partial charge in [0.1, 0.15) is 6.07 Å². The van der Waals surface area contributed by atoms with Crippen molar-refractivity contribution in [1.82, 2.24) is 0 Å². The highest BCUT2D eigenvalue weighted by Crippen LogP contribution is 2.23. The molecule has 1 aromatic carbocycles. The molecule has 76 valence electrons. The monoisotopic (exact) mass is 262 g/mol. The summed E-state index contributed by atoms with van der Waals surface area (Å²) in [4.78, 5) is 0. The maximum absolute atomic E-state index is 8.89. The average Bonchev–Trinajstić information content (AvgIpc) is 2.22. The smallest absolute Gasteiger partial charge is 0.100 e. The Morgan fingerprint density at radius 1 is 1.27 bits per heavy atom. The summed E-state index contributed by atoms with van der Waals surface area (Å²) in [5.74, 6) is 0. The molecule has 15 heavy (non-hydrogen) atoms. The zero-order chi connectivity index (χ0) is 11.3. The van der Waals surface area contributed by atoms with E-state index in [1.165, 1.54) is 0 Å². The van der Waals surface area contributed by atoms with Crippen LogP contribution in [0.4, 0.5) is 0 Å². The van der Waals surface area contributed by atoms with Crippen molar-refractivity contribution < 1.29 is 0 Å². The normalized spacial score (nSPS) is 9.33. The first-order valence-corrected chi connectivity index (χ1v) is 5.60. The molecular weight excluding hydrogens is 252 g/mol. The molecule has 0 saturated carbocycles. The lowest BCUT2D eigenvalue weighted by Gasteiger charge is -2.07. The molecule has 1 aromatic rings. The van der Waals surface area contributed by atoms with Crippen molar-refractivity contribution >= 4 is 15.9 Å². The number of rotatable bonds is 3. The molecule has 0 unspecified atom stereocenters. The van der Waals surface area contributed by atoms with E-state index in [2.05, 4.69) is 35.0 Å². The highest BCUT2D eigenvalue weighted by atomic mass is 79.9. The zero-order valence-electron chi connectivity index (χ0n) is 8.55. The van der Waals surface area contributed by atoms with Crippen LogP contribution < -0.4 is 0 Å². The first-order valence-electron chi connectivity index (χ1n) is 4.81. The molecule has 0 spiro atoms. The summed E-state index contributed by atoms with van der Waals surface area (Å²) < 4.78 is 0.773. The number of aryl methyl sites for hydroxylation is 1. The molecule has 2 nitrogen and oxygen atoms in total. The Balaban J connectivity index is 3.21. The summed E-state index contributed by atoms with van der Waals surface area (Å²) >= 11 is 3.33. The van der Waals surface area contributed by atoms with Gasteiger partial charge in [-0.1, -0.05) is 13.3 Å². The molecule has 0 N–H and O–H groups in total. The third-order valence-corrected chi connectivity index (χ3v) is 2.85. The standard InChI is InChI=1S/C12H11BrN2/c1-2-3-9-6-11(8-15)12(13)7-10(9)4-5-14/h6-7H,2-4H2,1H3. The van der Waals surface area contributed by atoms with E-state index in [4.69, 9.17) is 10.5 Å². The molecule has 0 aliphatic carbocycles. The van der Waals surface area contributed by atoms with Crippen molar-refractivity contribution in [2.45, 2.75) is 26.2 Å². The van der Waals surface area contributed by atoms with Crippen LogP contribution >= 0.6 is 15.9 Å². The van der Waals surface area contributed by atoms with Crippen LogP contribution in [-0.2, 0) is 12.8 Å². The quantitative estimate of drug-likeness (QED) is 0.839. The van der Waals surface area contributed by atoms with Crippen molar-refractivity contribution in [2.75, 3.05) is 0 Å². The third-order valence-electron chi connectivity index (χ3n) is 2.20. The van der Waals surface area contributed by atoms with Crippen molar-refractivity contribution in [3.63, 3.8) is 0 Å². The first kappa shape index (κ1) is 11.8. The highest BCUT2D eigenvalue weighted by molar-refractivity contribution is 9.10. The fourth-order valence-electron chi connectivity index (χ4n) is 1.50. The minimum absolute atomic E-state index is 0.402. The van der Waals surface area contributed by atoms with Gasteiger partial charge in [-0.15, -0.1) is 0 Å². The SMILES string of the molecule is CCCc1cc(C#N)c(Br)cc1CC#N. The largest absolute Gasteiger partial charge is 0.198 e. The second-order valence-corrected chi connectivity index (χ2v) is 4.15. The molecule has 1 rings (SSSR count). The van der Waals surface area contributed by atoms with Crippen LogP contribution in [0.2, 0.25) is 0 Å². The summed E-state index contributed by atoms with van der Waals surface area (Å²) in [6, 6.07) is 8.03. The van der Waals surface area contributed by atoms with Crippen molar-refractivity contribution in [3.05, 3.63) is 33.3 Å². The summed E-state index contributed by atoms with van der Waals surface area (Å²) in [6.45, 7) is 2.09. The first-order chi connectivity index (χ1) is 7.22. The van der Waals surface area contributed by atoms with Gasteiger partial charge in [0.25, 0.3) is 0 Å². The van der Waals surface area contributed by atoms with Gasteiger partial charge in [0.2, 0.25) is 0 Å². The molecule has 3 heteroatoms. The summed E-state index contributed by atoms with van der Waals surface area (Å²) in [7, 11) is 0. The lowest BCUT2D eigenvalue weighted by Crippen LogP contribution is -1.95. The molecule has 0 aliphatic rings. The van der Waals surface area contributed by atoms with E-state index in [1.807, 2.05) is 12.1 Å². The van der Waals surface area contributed by atoms with E-state index in [0.717, 1.165) is 28.4 Å². The van der Waals surface area contributed by atoms with E-state index in [9.17, 15) is 0 Å². The maximum atomic E-state index is 8.89. The fraction of sp³-hybridized carbons (Fsp3) is 0.333. The van der Waals surface area contributed by atoms with Crippen LogP contribution in [0.15, 0.2) is 16.6 Å². The van der Waals surface area contributed by atoms with Crippen molar-refractivity contribution in [2.24, 2.45) is 0 Å². The van der Waals surface area contributed by atoms with Gasteiger partial charge in [-0.3, -0.25) is 0 Å². The van der Waals surface area contributed by atoms with Crippen LogP contribution in [0.3, 0.4) is 0 Å². The molecule has 0 aromatic heterocycles. The Bertz CT molecular complexity index is 438. The predicted octanol–water partition coefficient (Wildman–Crippen LogP) is 3.34. The van der Waals surface area contributed by atoms with Crippen molar-refractivity contribution in [1.29, 1.82) is 10.5 Å². The van der Waals surface area contributed by atoms with Crippen LogP contribution in [-0.4, -0.2) is 0 Å². The van der Waals surface area contributed by atoms with Gasteiger partial charge in [0, 0.05) is 4.47 Å². The second-order valence-electron chi connectivity index (χ2n) is 3.30. The Morgan fingerprint density at radius 2 is 2.00 bits per heavy atom. The van der Waals surface area contributed by atoms with Crippen LogP contribution in [0.25, 0.3) is 0 Å². The molecule has 0 bridgehead atoms. The molecule has 0 saturated heterocycles. The molecule has 0 radical (unpaired) electrons. The Morgan fingerprint density at radius 3 is 2.53 bits per heavy atom. The summed E-state index contributed by atoms with van der Waals surface area (Å²) in [6.07, 6.45) is 2.34. The summed E-state index contributed by atoms with van der Waals surface area (Å²) in [5.41, 5.74) is 2.77. The van der Waals surface area contributed by atoms with Gasteiger partial charge < -0.3 is 0 Å². The number of nitrogens with zero attached hydrogens (tertiary/aromatic N) is 2. The van der Waals surface area contributed by atoms with Crippen LogP contribution in [0, 0.1) is 22.7 Å². The Hall–Kier alpha value is -1.32. The highest BCUT2D eigenvalue weighted by Gasteiger charge is 2.07. The van der Waals surface area contributed by atoms with E-state index >= 15 is 0 Å². The zero-order valence-corrected chi connectivity index (χ0v) is 10.1. The van der Waals surface area contributed by atoms with Gasteiger partial charge in [-0.05, 0) is 45.6 Å². The average molecular weight is 263 g/mol. The van der Waals surface area contributed by atoms with Gasteiger partial charge in [0.15, 0.2) is 0 Å². The minimum Gasteiger partial charge on any atom is -0.198 e. The van der Waals surface area contributed by atoms with Crippen LogP contribution in [0.5, 0.6) is 0 Å². The van der Waals surface area contributed by atoms with Crippen LogP contribution in [0.1, 0.15) is 30.0 Å². The van der Waals surface area contributed by atoms with E-state index in [0.29, 0.717) is 12.0 Å². The van der Waals surface area contributed by atoms with Gasteiger partial charge >= 0.3 is 0 Å². The minimum atomic E-state index is 0.402. The topological polar surface area (TPSA) is 47.6 Å². The maximum Gasteiger partial charge on any atom is 0.100 e. The Labute approximate surface area is 98.3 Å². The Kier molecular flexibility index (Phi) is 4.34. The number of hydrogen-bond donors (Lipinski definition) is 0. The lowest BCUT2D eigenvalue weighted by atomic mass is 9.99. The number of benzene rings is 1. The molecule has 0 aliphatic heterocycles. The van der Waals surface area contributed by atoms with E-state index < -0.39 is 0 Å².